The van der Waals surface area contributed by atoms with Crippen LogP contribution in [0.2, 0.25) is 0 Å². The van der Waals surface area contributed by atoms with Gasteiger partial charge in [-0.1, -0.05) is 87.5 Å². The largest absolute Gasteiger partial charge is 0.0683 e. The zero-order chi connectivity index (χ0) is 16.5. The first-order valence-corrected chi connectivity index (χ1v) is 9.87. The van der Waals surface area contributed by atoms with Gasteiger partial charge in [-0.3, -0.25) is 0 Å². The predicted molar refractivity (Wildman–Crippen MR) is 98.7 cm³/mol. The molecule has 0 aromatic heterocycles. The average molecular weight is 297 g/mol. The molecular formula is C21H44. The van der Waals surface area contributed by atoms with Gasteiger partial charge in [-0.15, -0.1) is 0 Å². The Hall–Kier alpha value is 0. The summed E-state index contributed by atoms with van der Waals surface area (Å²) in [5.74, 6) is 3.72. The summed E-state index contributed by atoms with van der Waals surface area (Å²) < 4.78 is 0. The van der Waals surface area contributed by atoms with E-state index < -0.39 is 0 Å². The molecule has 0 aliphatic heterocycles. The summed E-state index contributed by atoms with van der Waals surface area (Å²) >= 11 is 0. The van der Waals surface area contributed by atoms with Crippen molar-refractivity contribution >= 4 is 0 Å². The molecule has 4 unspecified atom stereocenters. The van der Waals surface area contributed by atoms with Crippen molar-refractivity contribution in [1.82, 2.24) is 0 Å². The van der Waals surface area contributed by atoms with E-state index in [4.69, 9.17) is 0 Å². The van der Waals surface area contributed by atoms with Crippen molar-refractivity contribution < 1.29 is 0 Å². The number of rotatable bonds is 6. The van der Waals surface area contributed by atoms with Gasteiger partial charge in [-0.2, -0.15) is 0 Å². The molecule has 1 fully saturated rings. The van der Waals surface area contributed by atoms with Gasteiger partial charge >= 0.3 is 0 Å². The molecule has 4 atom stereocenters. The lowest BCUT2D eigenvalue weighted by atomic mass is 9.65. The van der Waals surface area contributed by atoms with Gasteiger partial charge in [0.05, 0.1) is 0 Å². The van der Waals surface area contributed by atoms with Gasteiger partial charge in [0.2, 0.25) is 0 Å². The van der Waals surface area contributed by atoms with Gasteiger partial charge in [-0.05, 0) is 48.3 Å². The lowest BCUT2D eigenvalue weighted by molar-refractivity contribution is 0.0997. The molecule has 0 saturated heterocycles. The van der Waals surface area contributed by atoms with E-state index in [2.05, 4.69) is 41.5 Å². The second-order valence-electron chi connectivity index (χ2n) is 8.12. The molecule has 0 aromatic carbocycles. The van der Waals surface area contributed by atoms with Gasteiger partial charge in [0.1, 0.15) is 0 Å². The van der Waals surface area contributed by atoms with Gasteiger partial charge in [-0.25, -0.2) is 0 Å². The van der Waals surface area contributed by atoms with Crippen LogP contribution in [0, 0.1) is 29.1 Å². The fraction of sp³-hybridized carbons (Fsp3) is 1.00. The lowest BCUT2D eigenvalue weighted by Crippen LogP contribution is -2.31. The summed E-state index contributed by atoms with van der Waals surface area (Å²) in [5.41, 5.74) is 0.539. The van der Waals surface area contributed by atoms with Crippen LogP contribution in [0.3, 0.4) is 0 Å². The molecule has 0 spiro atoms. The Morgan fingerprint density at radius 1 is 0.952 bits per heavy atom. The molecule has 0 heteroatoms. The lowest BCUT2D eigenvalue weighted by Gasteiger charge is -2.40. The van der Waals surface area contributed by atoms with Crippen molar-refractivity contribution in [2.45, 2.75) is 107 Å². The van der Waals surface area contributed by atoms with Crippen LogP contribution >= 0.6 is 0 Å². The Morgan fingerprint density at radius 2 is 1.57 bits per heavy atom. The summed E-state index contributed by atoms with van der Waals surface area (Å²) in [4.78, 5) is 0. The minimum atomic E-state index is 0.539. The first-order chi connectivity index (χ1) is 9.87. The van der Waals surface area contributed by atoms with Gasteiger partial charge < -0.3 is 0 Å². The highest BCUT2D eigenvalue weighted by Crippen LogP contribution is 2.45. The first kappa shape index (κ1) is 21.0. The van der Waals surface area contributed by atoms with Crippen LogP contribution in [0.4, 0.5) is 0 Å². The Labute approximate surface area is 136 Å². The zero-order valence-corrected chi connectivity index (χ0v) is 16.5. The Balaban J connectivity index is 0.00000191. The summed E-state index contributed by atoms with van der Waals surface area (Å²) in [6, 6.07) is 0. The predicted octanol–water partition coefficient (Wildman–Crippen LogP) is 7.72. The Morgan fingerprint density at radius 3 is 2.14 bits per heavy atom. The van der Waals surface area contributed by atoms with E-state index in [-0.39, 0.29) is 0 Å². The normalized spacial score (nSPS) is 26.3. The molecule has 0 bridgehead atoms. The molecule has 21 heavy (non-hydrogen) atoms. The molecule has 1 aliphatic carbocycles. The smallest absolute Gasteiger partial charge is 0.0300 e. The van der Waals surface area contributed by atoms with Crippen LogP contribution in [0.25, 0.3) is 0 Å². The molecule has 0 amide bonds. The van der Waals surface area contributed by atoms with E-state index in [0.29, 0.717) is 5.41 Å². The molecule has 0 N–H and O–H groups in total. The third-order valence-electron chi connectivity index (χ3n) is 6.37. The van der Waals surface area contributed by atoms with Crippen molar-refractivity contribution in [2.75, 3.05) is 0 Å². The van der Waals surface area contributed by atoms with Crippen LogP contribution in [-0.2, 0) is 0 Å². The maximum atomic E-state index is 2.55. The molecule has 1 aliphatic rings. The molecule has 1 rings (SSSR count). The summed E-state index contributed by atoms with van der Waals surface area (Å²) in [7, 11) is 0. The monoisotopic (exact) mass is 296 g/mol. The average Bonchev–Trinajstić information content (AvgIpc) is 2.71. The van der Waals surface area contributed by atoms with E-state index in [1.165, 1.54) is 51.4 Å². The van der Waals surface area contributed by atoms with Gasteiger partial charge in [0.15, 0.2) is 0 Å². The van der Waals surface area contributed by atoms with Crippen LogP contribution < -0.4 is 0 Å². The molecule has 0 radical (unpaired) electrons. The Bertz CT molecular complexity index is 240. The van der Waals surface area contributed by atoms with E-state index in [1.807, 2.05) is 13.8 Å². The fourth-order valence-corrected chi connectivity index (χ4v) is 3.74. The molecule has 0 nitrogen and oxygen atoms in total. The molecule has 0 aromatic rings. The van der Waals surface area contributed by atoms with Crippen molar-refractivity contribution in [3.8, 4) is 0 Å². The Kier molecular flexibility index (Phi) is 10.7. The maximum absolute atomic E-state index is 2.55. The highest BCUT2D eigenvalue weighted by atomic mass is 14.4. The van der Waals surface area contributed by atoms with Crippen molar-refractivity contribution in [3.63, 3.8) is 0 Å². The van der Waals surface area contributed by atoms with Crippen LogP contribution in [0.5, 0.6) is 0 Å². The molecular weight excluding hydrogens is 252 g/mol. The van der Waals surface area contributed by atoms with E-state index in [9.17, 15) is 0 Å². The van der Waals surface area contributed by atoms with Crippen LogP contribution in [0.15, 0.2) is 0 Å². The minimum absolute atomic E-state index is 0.539. The fourth-order valence-electron chi connectivity index (χ4n) is 3.74. The highest BCUT2D eigenvalue weighted by molar-refractivity contribution is 4.85. The van der Waals surface area contributed by atoms with Gasteiger partial charge in [0.25, 0.3) is 0 Å². The van der Waals surface area contributed by atoms with Crippen LogP contribution in [0.1, 0.15) is 107 Å². The zero-order valence-electron chi connectivity index (χ0n) is 16.5. The highest BCUT2D eigenvalue weighted by Gasteiger charge is 2.35. The molecule has 128 valence electrons. The third-order valence-corrected chi connectivity index (χ3v) is 6.37. The van der Waals surface area contributed by atoms with E-state index in [0.717, 1.165) is 23.7 Å². The minimum Gasteiger partial charge on any atom is -0.0683 e. The van der Waals surface area contributed by atoms with Crippen molar-refractivity contribution in [1.29, 1.82) is 0 Å². The quantitative estimate of drug-likeness (QED) is 0.440. The summed E-state index contributed by atoms with van der Waals surface area (Å²) in [6.45, 7) is 18.8. The standard InChI is InChI=1S/C19H38.C2H6/c1-7-15(2)11-13-17(4)19(5,6)18-10-8-9-16(3)12-14-18;1-2/h15-18H,7-14H2,1-6H3;1-2H3. The summed E-state index contributed by atoms with van der Waals surface area (Å²) in [5, 5.41) is 0. The molecule has 1 saturated carbocycles. The second kappa shape index (κ2) is 10.7. The van der Waals surface area contributed by atoms with E-state index >= 15 is 0 Å². The van der Waals surface area contributed by atoms with Crippen LogP contribution in [-0.4, -0.2) is 0 Å². The maximum Gasteiger partial charge on any atom is -0.0300 e. The molecule has 0 heterocycles. The van der Waals surface area contributed by atoms with Gasteiger partial charge in [0, 0.05) is 0 Å². The SMILES string of the molecule is CC.CCC(C)CCC(C)C(C)(C)C1CCCC(C)CC1. The second-order valence-corrected chi connectivity index (χ2v) is 8.12. The number of hydrogen-bond acceptors (Lipinski definition) is 0. The van der Waals surface area contributed by atoms with E-state index in [1.54, 1.807) is 0 Å². The van der Waals surface area contributed by atoms with Crippen molar-refractivity contribution in [3.05, 3.63) is 0 Å². The van der Waals surface area contributed by atoms with Crippen molar-refractivity contribution in [2.24, 2.45) is 29.1 Å². The topological polar surface area (TPSA) is 0 Å². The third kappa shape index (κ3) is 7.20. The first-order valence-electron chi connectivity index (χ1n) is 9.87. The number of hydrogen-bond donors (Lipinski definition) is 0. The summed E-state index contributed by atoms with van der Waals surface area (Å²) in [6.07, 6.45) is 11.5.